The number of rotatable bonds is 1. The molecule has 1 atom stereocenters. The van der Waals surface area contributed by atoms with E-state index in [0.717, 1.165) is 0 Å². The smallest absolute Gasteiger partial charge is 0.293 e. The van der Waals surface area contributed by atoms with Gasteiger partial charge in [0.05, 0.1) is 10.9 Å². The topological polar surface area (TPSA) is 49.4 Å². The Balaban J connectivity index is 2.30. The number of halogens is 2. The van der Waals surface area contributed by atoms with Crippen LogP contribution in [0, 0.1) is 5.92 Å². The number of carbonyl (C=O) groups is 2. The molecule has 1 heterocycles. The lowest BCUT2D eigenvalue weighted by Crippen LogP contribution is -2.53. The molecule has 0 spiro atoms. The number of urea groups is 1. The molecule has 17 heavy (non-hydrogen) atoms. The average Bonchev–Trinajstić information content (AvgIpc) is 2.27. The highest BCUT2D eigenvalue weighted by atomic mass is 79.9. The second-order valence-electron chi connectivity index (χ2n) is 3.90. The summed E-state index contributed by atoms with van der Waals surface area (Å²) >= 11 is 9.19. The van der Waals surface area contributed by atoms with Crippen LogP contribution in [0.1, 0.15) is 6.92 Å². The first-order valence-electron chi connectivity index (χ1n) is 5.06. The molecule has 0 aliphatic carbocycles. The number of carbonyl (C=O) groups excluding carboxylic acids is 2. The van der Waals surface area contributed by atoms with Crippen molar-refractivity contribution >= 4 is 45.2 Å². The number of benzene rings is 1. The van der Waals surface area contributed by atoms with E-state index < -0.39 is 6.03 Å². The molecule has 0 bridgehead atoms. The van der Waals surface area contributed by atoms with Crippen molar-refractivity contribution in [3.05, 3.63) is 27.7 Å². The number of amides is 3. The summed E-state index contributed by atoms with van der Waals surface area (Å²) in [5.74, 6) is -0.457. The maximum absolute atomic E-state index is 11.7. The number of nitrogens with one attached hydrogen (secondary N) is 1. The molecule has 1 N–H and O–H groups in total. The molecule has 4 nitrogen and oxygen atoms in total. The van der Waals surface area contributed by atoms with Gasteiger partial charge in [-0.25, -0.2) is 4.79 Å². The summed E-state index contributed by atoms with van der Waals surface area (Å²) in [6.07, 6.45) is 0. The molecule has 1 fully saturated rings. The van der Waals surface area contributed by atoms with Crippen LogP contribution in [0.5, 0.6) is 0 Å². The van der Waals surface area contributed by atoms with Gasteiger partial charge in [-0.05, 0) is 34.1 Å². The van der Waals surface area contributed by atoms with Gasteiger partial charge in [-0.15, -0.1) is 0 Å². The normalized spacial score (nSPS) is 20.4. The molecular weight excluding hydrogens is 307 g/mol. The van der Waals surface area contributed by atoms with Crippen LogP contribution in [0.15, 0.2) is 22.7 Å². The van der Waals surface area contributed by atoms with Crippen molar-refractivity contribution in [2.45, 2.75) is 6.92 Å². The number of imide groups is 1. The van der Waals surface area contributed by atoms with Crippen molar-refractivity contribution in [1.82, 2.24) is 5.32 Å². The molecule has 1 aromatic rings. The maximum Gasteiger partial charge on any atom is 0.328 e. The average molecular weight is 318 g/mol. The molecule has 2 rings (SSSR count). The minimum atomic E-state index is -0.401. The van der Waals surface area contributed by atoms with E-state index in [1.165, 1.54) is 4.90 Å². The van der Waals surface area contributed by atoms with Gasteiger partial charge in [0.15, 0.2) is 0 Å². The van der Waals surface area contributed by atoms with Gasteiger partial charge in [-0.3, -0.25) is 15.0 Å². The molecule has 1 aliphatic rings. The number of hydrogen-bond acceptors (Lipinski definition) is 2. The van der Waals surface area contributed by atoms with Gasteiger partial charge >= 0.3 is 6.03 Å². The molecule has 1 unspecified atom stereocenters. The van der Waals surface area contributed by atoms with Crippen LogP contribution in [0.3, 0.4) is 0 Å². The highest BCUT2D eigenvalue weighted by Gasteiger charge is 2.30. The quantitative estimate of drug-likeness (QED) is 0.866. The van der Waals surface area contributed by atoms with Crippen LogP contribution in [-0.2, 0) is 4.79 Å². The van der Waals surface area contributed by atoms with Crippen molar-refractivity contribution in [3.63, 3.8) is 0 Å². The second kappa shape index (κ2) is 4.66. The largest absolute Gasteiger partial charge is 0.328 e. The number of anilines is 1. The predicted octanol–water partition coefficient (Wildman–Crippen LogP) is 2.79. The van der Waals surface area contributed by atoms with E-state index in [1.807, 2.05) is 0 Å². The fraction of sp³-hybridized carbons (Fsp3) is 0.273. The highest BCUT2D eigenvalue weighted by Crippen LogP contribution is 2.28. The summed E-state index contributed by atoms with van der Waals surface area (Å²) in [6.45, 7) is 2.15. The van der Waals surface area contributed by atoms with Crippen LogP contribution < -0.4 is 10.2 Å². The lowest BCUT2D eigenvalue weighted by Gasteiger charge is -2.30. The zero-order valence-corrected chi connectivity index (χ0v) is 11.4. The van der Waals surface area contributed by atoms with Crippen molar-refractivity contribution in [2.75, 3.05) is 11.4 Å². The lowest BCUT2D eigenvalue weighted by atomic mass is 10.1. The van der Waals surface area contributed by atoms with E-state index in [9.17, 15) is 9.59 Å². The Hall–Kier alpha value is -1.07. The first-order chi connectivity index (χ1) is 7.99. The zero-order valence-electron chi connectivity index (χ0n) is 9.04. The van der Waals surface area contributed by atoms with Gasteiger partial charge in [0.25, 0.3) is 0 Å². The van der Waals surface area contributed by atoms with Crippen LogP contribution in [-0.4, -0.2) is 18.5 Å². The minimum Gasteiger partial charge on any atom is -0.293 e. The molecule has 0 saturated carbocycles. The van der Waals surface area contributed by atoms with Crippen LogP contribution in [0.4, 0.5) is 10.5 Å². The molecule has 6 heteroatoms. The third kappa shape index (κ3) is 2.45. The summed E-state index contributed by atoms with van der Waals surface area (Å²) in [5.41, 5.74) is 0.707. The first kappa shape index (κ1) is 12.4. The van der Waals surface area contributed by atoms with Gasteiger partial charge in [-0.2, -0.15) is 0 Å². The molecule has 0 radical (unpaired) electrons. The van der Waals surface area contributed by atoms with Gasteiger partial charge < -0.3 is 0 Å². The summed E-state index contributed by atoms with van der Waals surface area (Å²) in [4.78, 5) is 24.5. The molecule has 1 saturated heterocycles. The maximum atomic E-state index is 11.7. The van der Waals surface area contributed by atoms with E-state index in [0.29, 0.717) is 21.7 Å². The molecule has 3 amide bonds. The van der Waals surface area contributed by atoms with E-state index in [1.54, 1.807) is 25.1 Å². The monoisotopic (exact) mass is 316 g/mol. The fourth-order valence-corrected chi connectivity index (χ4v) is 2.10. The Bertz CT molecular complexity index is 492. The van der Waals surface area contributed by atoms with Gasteiger partial charge in [-0.1, -0.05) is 18.5 Å². The first-order valence-corrected chi connectivity index (χ1v) is 6.23. The lowest BCUT2D eigenvalue weighted by molar-refractivity contribution is -0.123. The van der Waals surface area contributed by atoms with Crippen LogP contribution >= 0.6 is 27.5 Å². The highest BCUT2D eigenvalue weighted by molar-refractivity contribution is 9.10. The Morgan fingerprint density at radius 1 is 1.47 bits per heavy atom. The molecular formula is C11H10BrClN2O2. The Morgan fingerprint density at radius 2 is 2.18 bits per heavy atom. The fourth-order valence-electron chi connectivity index (χ4n) is 1.61. The third-order valence-electron chi connectivity index (χ3n) is 2.59. The van der Waals surface area contributed by atoms with E-state index in [4.69, 9.17) is 11.6 Å². The van der Waals surface area contributed by atoms with E-state index in [-0.39, 0.29) is 11.8 Å². The summed E-state index contributed by atoms with van der Waals surface area (Å²) < 4.78 is 0.717. The summed E-state index contributed by atoms with van der Waals surface area (Å²) in [5, 5.41) is 2.89. The van der Waals surface area contributed by atoms with Crippen molar-refractivity contribution < 1.29 is 9.59 Å². The van der Waals surface area contributed by atoms with Crippen LogP contribution in [0.2, 0.25) is 5.02 Å². The van der Waals surface area contributed by atoms with Crippen molar-refractivity contribution in [3.8, 4) is 0 Å². The van der Waals surface area contributed by atoms with Gasteiger partial charge in [0.1, 0.15) is 0 Å². The minimum absolute atomic E-state index is 0.220. The second-order valence-corrected chi connectivity index (χ2v) is 5.17. The van der Waals surface area contributed by atoms with Crippen LogP contribution in [0.25, 0.3) is 0 Å². The summed E-state index contributed by atoms with van der Waals surface area (Å²) in [7, 11) is 0. The Morgan fingerprint density at radius 3 is 2.82 bits per heavy atom. The third-order valence-corrected chi connectivity index (χ3v) is 3.81. The molecule has 90 valence electrons. The molecule has 1 aliphatic heterocycles. The number of hydrogen-bond donors (Lipinski definition) is 1. The number of nitrogens with zero attached hydrogens (tertiary/aromatic N) is 1. The van der Waals surface area contributed by atoms with Crippen molar-refractivity contribution in [2.24, 2.45) is 5.92 Å². The Kier molecular flexibility index (Phi) is 3.40. The Labute approximate surface area is 112 Å². The SMILES string of the molecule is CC1CN(c2ccc(Cl)c(Br)c2)C(=O)NC1=O. The van der Waals surface area contributed by atoms with Gasteiger partial charge in [0, 0.05) is 16.7 Å². The predicted molar refractivity (Wildman–Crippen MR) is 69.2 cm³/mol. The summed E-state index contributed by atoms with van der Waals surface area (Å²) in [6, 6.07) is 4.80. The molecule has 1 aromatic carbocycles. The van der Waals surface area contributed by atoms with Gasteiger partial charge in [0.2, 0.25) is 5.91 Å². The standard InChI is InChI=1S/C11H10BrClN2O2/c1-6-5-15(11(17)14-10(6)16)7-2-3-9(13)8(12)4-7/h2-4,6H,5H2,1H3,(H,14,16,17). The zero-order chi connectivity index (χ0) is 12.6. The van der Waals surface area contributed by atoms with E-state index in [2.05, 4.69) is 21.2 Å². The molecule has 0 aromatic heterocycles. The van der Waals surface area contributed by atoms with Crippen molar-refractivity contribution in [1.29, 1.82) is 0 Å². The van der Waals surface area contributed by atoms with E-state index >= 15 is 0 Å².